The number of hydrogen-bond donors (Lipinski definition) is 3. The highest BCUT2D eigenvalue weighted by Crippen LogP contribution is 2.43. The third-order valence-electron chi connectivity index (χ3n) is 12.9. The van der Waals surface area contributed by atoms with Gasteiger partial charge in [0, 0.05) is 6.42 Å². The lowest BCUT2D eigenvalue weighted by molar-refractivity contribution is -0.870. The van der Waals surface area contributed by atoms with Gasteiger partial charge in [0.05, 0.1) is 39.9 Å². The van der Waals surface area contributed by atoms with E-state index in [1.165, 1.54) is 218 Å². The van der Waals surface area contributed by atoms with Crippen LogP contribution >= 0.6 is 7.82 Å². The zero-order valence-corrected chi connectivity index (χ0v) is 44.9. The highest BCUT2D eigenvalue weighted by atomic mass is 31.2. The fourth-order valence-corrected chi connectivity index (χ4v) is 9.21. The number of nitrogens with zero attached hydrogens (tertiary/aromatic N) is 1. The molecule has 0 aromatic rings. The molecule has 0 aliphatic carbocycles. The molecule has 3 atom stereocenters. The maximum atomic E-state index is 13.0. The number of rotatable bonds is 52. The second-order valence-electron chi connectivity index (χ2n) is 20.7. The van der Waals surface area contributed by atoms with Crippen LogP contribution in [-0.2, 0) is 18.4 Å². The number of aliphatic hydroxyl groups excluding tert-OH is 1. The van der Waals surface area contributed by atoms with Gasteiger partial charge in [-0.3, -0.25) is 13.8 Å². The van der Waals surface area contributed by atoms with Crippen LogP contribution in [0.1, 0.15) is 277 Å². The summed E-state index contributed by atoms with van der Waals surface area (Å²) in [5, 5.41) is 13.9. The first kappa shape index (κ1) is 64.0. The van der Waals surface area contributed by atoms with Crippen LogP contribution in [0.5, 0.6) is 0 Å². The van der Waals surface area contributed by atoms with Crippen LogP contribution in [0, 0.1) is 0 Å². The number of phosphoric ester groups is 1. The van der Waals surface area contributed by atoms with Gasteiger partial charge in [-0.25, -0.2) is 4.57 Å². The Kier molecular flexibility index (Phi) is 47.3. The molecule has 3 N–H and O–H groups in total. The van der Waals surface area contributed by atoms with Crippen molar-refractivity contribution in [2.24, 2.45) is 0 Å². The number of carbonyl (C=O) groups excluding carboxylic acids is 1. The Morgan fingerprint density at radius 3 is 1.23 bits per heavy atom. The average Bonchev–Trinajstić information content (AvgIpc) is 3.26. The summed E-state index contributed by atoms with van der Waals surface area (Å²) in [5.41, 5.74) is 0. The van der Waals surface area contributed by atoms with E-state index in [-0.39, 0.29) is 19.1 Å². The zero-order chi connectivity index (χ0) is 47.8. The first-order valence-electron chi connectivity index (χ1n) is 28.2. The number of likely N-dealkylation sites (N-methyl/N-ethyl adjacent to an activating group) is 1. The van der Waals surface area contributed by atoms with Crippen molar-refractivity contribution in [2.45, 2.75) is 289 Å². The summed E-state index contributed by atoms with van der Waals surface area (Å²) >= 11 is 0. The molecule has 8 nitrogen and oxygen atoms in total. The van der Waals surface area contributed by atoms with Gasteiger partial charge < -0.3 is 19.8 Å². The van der Waals surface area contributed by atoms with E-state index >= 15 is 0 Å². The van der Waals surface area contributed by atoms with Gasteiger partial charge in [-0.05, 0) is 32.1 Å². The number of carbonyl (C=O) groups is 1. The molecule has 0 fully saturated rings. The first-order chi connectivity index (χ1) is 31.5. The van der Waals surface area contributed by atoms with Crippen molar-refractivity contribution in [3.05, 3.63) is 24.3 Å². The number of allylic oxidation sites excluding steroid dienone is 3. The third-order valence-corrected chi connectivity index (χ3v) is 13.9. The number of nitrogens with one attached hydrogen (secondary N) is 1. The van der Waals surface area contributed by atoms with Crippen molar-refractivity contribution < 1.29 is 32.9 Å². The Bertz CT molecular complexity index is 1110. The molecule has 0 bridgehead atoms. The van der Waals surface area contributed by atoms with Gasteiger partial charge in [-0.1, -0.05) is 263 Å². The number of aliphatic hydroxyl groups is 1. The molecule has 0 aliphatic heterocycles. The monoisotopic (exact) mass is 940 g/mol. The Hall–Kier alpha value is -1.02. The largest absolute Gasteiger partial charge is 0.472 e. The molecule has 0 aliphatic rings. The number of amides is 1. The molecule has 0 spiro atoms. The minimum Gasteiger partial charge on any atom is -0.387 e. The van der Waals surface area contributed by atoms with Crippen molar-refractivity contribution in [1.29, 1.82) is 0 Å². The van der Waals surface area contributed by atoms with Crippen molar-refractivity contribution in [1.82, 2.24) is 5.32 Å². The summed E-state index contributed by atoms with van der Waals surface area (Å²) in [6.07, 6.45) is 59.9. The van der Waals surface area contributed by atoms with E-state index in [0.29, 0.717) is 17.4 Å². The molecule has 65 heavy (non-hydrogen) atoms. The van der Waals surface area contributed by atoms with Crippen LogP contribution < -0.4 is 5.32 Å². The maximum absolute atomic E-state index is 13.0. The Morgan fingerprint density at radius 2 is 0.846 bits per heavy atom. The SMILES string of the molecule is CCCCCCCCCCCCCCCCCC/C=C/CC/C=C/C(O)C(COP(=O)(O)OCC[N+](C)(C)C)NC(=O)CCCCCCCCCCCCCCCCCCCCCCC. The van der Waals surface area contributed by atoms with Gasteiger partial charge >= 0.3 is 7.82 Å². The summed E-state index contributed by atoms with van der Waals surface area (Å²) in [6, 6.07) is -0.860. The lowest BCUT2D eigenvalue weighted by Gasteiger charge is -2.25. The predicted molar refractivity (Wildman–Crippen MR) is 281 cm³/mol. The normalized spacial score (nSPS) is 14.1. The second-order valence-corrected chi connectivity index (χ2v) is 22.1. The molecule has 0 aromatic heterocycles. The molecular weight excluding hydrogens is 828 g/mol. The Morgan fingerprint density at radius 1 is 0.508 bits per heavy atom. The van der Waals surface area contributed by atoms with Crippen LogP contribution in [0.2, 0.25) is 0 Å². The summed E-state index contributed by atoms with van der Waals surface area (Å²) < 4.78 is 23.7. The van der Waals surface area contributed by atoms with Crippen LogP contribution in [0.3, 0.4) is 0 Å². The van der Waals surface area contributed by atoms with Crippen LogP contribution in [-0.4, -0.2) is 73.4 Å². The number of quaternary nitrogens is 1. The van der Waals surface area contributed by atoms with Gasteiger partial charge in [0.25, 0.3) is 0 Å². The van der Waals surface area contributed by atoms with Gasteiger partial charge in [-0.2, -0.15) is 0 Å². The van der Waals surface area contributed by atoms with Crippen LogP contribution in [0.15, 0.2) is 24.3 Å². The van der Waals surface area contributed by atoms with Gasteiger partial charge in [-0.15, -0.1) is 0 Å². The van der Waals surface area contributed by atoms with Crippen molar-refractivity contribution in [3.8, 4) is 0 Å². The molecule has 386 valence electrons. The van der Waals surface area contributed by atoms with E-state index in [1.54, 1.807) is 6.08 Å². The average molecular weight is 940 g/mol. The van der Waals surface area contributed by atoms with Crippen molar-refractivity contribution in [2.75, 3.05) is 40.9 Å². The van der Waals surface area contributed by atoms with E-state index in [2.05, 4.69) is 31.3 Å². The number of hydrogen-bond acceptors (Lipinski definition) is 5. The van der Waals surface area contributed by atoms with Gasteiger partial charge in [0.1, 0.15) is 13.2 Å². The van der Waals surface area contributed by atoms with E-state index in [0.717, 1.165) is 38.5 Å². The topological polar surface area (TPSA) is 105 Å². The molecule has 0 saturated heterocycles. The lowest BCUT2D eigenvalue weighted by Crippen LogP contribution is -2.45. The molecule has 0 rings (SSSR count). The highest BCUT2D eigenvalue weighted by Gasteiger charge is 2.27. The van der Waals surface area contributed by atoms with E-state index in [1.807, 2.05) is 27.2 Å². The molecule has 3 unspecified atom stereocenters. The van der Waals surface area contributed by atoms with E-state index < -0.39 is 20.0 Å². The zero-order valence-electron chi connectivity index (χ0n) is 44.0. The van der Waals surface area contributed by atoms with Gasteiger partial charge in [0.15, 0.2) is 0 Å². The minimum absolute atomic E-state index is 0.0588. The summed E-state index contributed by atoms with van der Waals surface area (Å²) in [7, 11) is 1.57. The number of phosphoric acid groups is 1. The fourth-order valence-electron chi connectivity index (χ4n) is 8.47. The van der Waals surface area contributed by atoms with Crippen LogP contribution in [0.4, 0.5) is 0 Å². The molecule has 0 radical (unpaired) electrons. The van der Waals surface area contributed by atoms with E-state index in [9.17, 15) is 19.4 Å². The maximum Gasteiger partial charge on any atom is 0.472 e. The molecule has 1 amide bonds. The van der Waals surface area contributed by atoms with Crippen LogP contribution in [0.25, 0.3) is 0 Å². The van der Waals surface area contributed by atoms with E-state index in [4.69, 9.17) is 9.05 Å². The smallest absolute Gasteiger partial charge is 0.387 e. The Labute approximate surface area is 404 Å². The third kappa shape index (κ3) is 50.7. The molecule has 9 heteroatoms. The summed E-state index contributed by atoms with van der Waals surface area (Å²) in [4.78, 5) is 23.3. The highest BCUT2D eigenvalue weighted by molar-refractivity contribution is 7.47. The molecular formula is C56H112N2O6P+. The first-order valence-corrected chi connectivity index (χ1v) is 29.7. The lowest BCUT2D eigenvalue weighted by atomic mass is 10.0. The molecule has 0 heterocycles. The van der Waals surface area contributed by atoms with Crippen molar-refractivity contribution >= 4 is 13.7 Å². The predicted octanol–water partition coefficient (Wildman–Crippen LogP) is 16.8. The number of unbranched alkanes of at least 4 members (excludes halogenated alkanes) is 37. The minimum atomic E-state index is -4.35. The quantitative estimate of drug-likeness (QED) is 0.0243. The molecule has 0 saturated carbocycles. The summed E-state index contributed by atoms with van der Waals surface area (Å²) in [5.74, 6) is -0.181. The Balaban J connectivity index is 4.26. The second kappa shape index (κ2) is 48.0. The standard InChI is InChI=1S/C56H111N2O6P/c1-6-8-10-12-14-16-18-20-22-24-26-28-30-31-33-35-37-39-41-43-45-47-49-55(59)54(53-64-65(61,62)63-52-51-58(3,4)5)57-56(60)50-48-46-44-42-40-38-36-34-32-29-27-25-23-21-19-17-15-13-11-9-7-2/h39,41,47,49,54-55,59H,6-38,40,42-46,48,50-53H2,1-5H3,(H-,57,60,61,62)/p+1/b41-39+,49-47+. The fraction of sp³-hybridized carbons (Fsp3) is 0.911. The summed E-state index contributed by atoms with van der Waals surface area (Å²) in [6.45, 7) is 4.84. The van der Waals surface area contributed by atoms with Crippen molar-refractivity contribution in [3.63, 3.8) is 0 Å². The van der Waals surface area contributed by atoms with Gasteiger partial charge in [0.2, 0.25) is 5.91 Å². The molecule has 0 aromatic carbocycles.